The average molecular weight is 387 g/mol. The Bertz CT molecular complexity index is 799. The largest absolute Gasteiger partial charge is 0.350 e. The first-order valence-electron chi connectivity index (χ1n) is 9.94. The maximum absolute atomic E-state index is 12.8. The summed E-state index contributed by atoms with van der Waals surface area (Å²) >= 11 is 5.96. The molecule has 2 aliphatic heterocycles. The van der Waals surface area contributed by atoms with E-state index in [0.717, 1.165) is 17.8 Å². The van der Waals surface area contributed by atoms with Crippen LogP contribution in [0.1, 0.15) is 42.6 Å². The Morgan fingerprint density at radius 3 is 2.78 bits per heavy atom. The molecule has 0 radical (unpaired) electrons. The quantitative estimate of drug-likeness (QED) is 0.870. The summed E-state index contributed by atoms with van der Waals surface area (Å²) in [6.45, 7) is 3.20. The van der Waals surface area contributed by atoms with Gasteiger partial charge in [-0.05, 0) is 62.9 Å². The number of rotatable bonds is 4. The Balaban J connectivity index is 1.42. The molecule has 4 rings (SSSR count). The van der Waals surface area contributed by atoms with Crippen LogP contribution >= 0.6 is 11.6 Å². The van der Waals surface area contributed by atoms with Gasteiger partial charge in [-0.25, -0.2) is 0 Å². The van der Waals surface area contributed by atoms with Gasteiger partial charge in [-0.2, -0.15) is 5.10 Å². The number of piperidine rings is 2. The minimum absolute atomic E-state index is 0.0434. The number of nitrogens with one attached hydrogen (secondary N) is 1. The molecule has 0 saturated carbocycles. The number of hydrogen-bond acceptors (Lipinski definition) is 3. The van der Waals surface area contributed by atoms with E-state index in [1.54, 1.807) is 4.68 Å². The zero-order valence-electron chi connectivity index (χ0n) is 15.8. The standard InChI is InChI=1S/C21H27ClN4O/c1-25-20(13-18(24-25)15-7-9-17(22)10-8-15)21(27)23-14-16-5-4-12-26-11-3-2-6-19(16)26/h7-10,13,16,19H,2-6,11-12,14H2,1H3,(H,23,27)/t16-,19-/m1/s1. The van der Waals surface area contributed by atoms with Crippen LogP contribution in [0, 0.1) is 5.92 Å². The minimum Gasteiger partial charge on any atom is -0.350 e. The molecule has 5 nitrogen and oxygen atoms in total. The molecule has 2 fully saturated rings. The second-order valence-corrected chi connectivity index (χ2v) is 8.19. The molecule has 6 heteroatoms. The van der Waals surface area contributed by atoms with E-state index in [9.17, 15) is 4.79 Å². The first-order valence-corrected chi connectivity index (χ1v) is 10.3. The Labute approximate surface area is 165 Å². The van der Waals surface area contributed by atoms with E-state index in [-0.39, 0.29) is 5.91 Å². The van der Waals surface area contributed by atoms with Crippen molar-refractivity contribution in [2.45, 2.75) is 38.1 Å². The summed E-state index contributed by atoms with van der Waals surface area (Å²) < 4.78 is 1.66. The van der Waals surface area contributed by atoms with E-state index in [1.165, 1.54) is 45.2 Å². The third-order valence-electron chi connectivity index (χ3n) is 6.01. The van der Waals surface area contributed by atoms with Crippen LogP contribution in [0.5, 0.6) is 0 Å². The molecule has 0 unspecified atom stereocenters. The van der Waals surface area contributed by atoms with Crippen LogP contribution in [-0.4, -0.2) is 46.3 Å². The second-order valence-electron chi connectivity index (χ2n) is 7.76. The first kappa shape index (κ1) is 18.5. The number of nitrogens with zero attached hydrogens (tertiary/aromatic N) is 3. The van der Waals surface area contributed by atoms with Gasteiger partial charge in [0.25, 0.3) is 5.91 Å². The average Bonchev–Trinajstić information content (AvgIpc) is 3.08. The highest BCUT2D eigenvalue weighted by atomic mass is 35.5. The van der Waals surface area contributed by atoms with Crippen molar-refractivity contribution in [2.24, 2.45) is 13.0 Å². The van der Waals surface area contributed by atoms with Gasteiger partial charge < -0.3 is 10.2 Å². The summed E-state index contributed by atoms with van der Waals surface area (Å²) in [7, 11) is 1.82. The molecule has 2 saturated heterocycles. The molecule has 0 spiro atoms. The number of amides is 1. The van der Waals surface area contributed by atoms with Crippen LogP contribution in [0.25, 0.3) is 11.3 Å². The predicted octanol–water partition coefficient (Wildman–Crippen LogP) is 3.73. The van der Waals surface area contributed by atoms with Crippen molar-refractivity contribution in [3.05, 3.63) is 41.0 Å². The highest BCUT2D eigenvalue weighted by Crippen LogP contribution is 2.30. The molecule has 2 atom stereocenters. The Morgan fingerprint density at radius 1 is 1.19 bits per heavy atom. The molecule has 1 N–H and O–H groups in total. The van der Waals surface area contributed by atoms with Crippen molar-refractivity contribution in [1.29, 1.82) is 0 Å². The van der Waals surface area contributed by atoms with Gasteiger partial charge in [0.1, 0.15) is 5.69 Å². The lowest BCUT2D eigenvalue weighted by molar-refractivity contribution is 0.0574. The summed E-state index contributed by atoms with van der Waals surface area (Å²) in [4.78, 5) is 15.4. The van der Waals surface area contributed by atoms with Gasteiger partial charge in [-0.1, -0.05) is 30.2 Å². The van der Waals surface area contributed by atoms with Crippen molar-refractivity contribution in [2.75, 3.05) is 19.6 Å². The van der Waals surface area contributed by atoms with E-state index >= 15 is 0 Å². The van der Waals surface area contributed by atoms with E-state index in [2.05, 4.69) is 15.3 Å². The molecule has 144 valence electrons. The van der Waals surface area contributed by atoms with Crippen molar-refractivity contribution in [3.63, 3.8) is 0 Å². The Hall–Kier alpha value is -1.85. The summed E-state index contributed by atoms with van der Waals surface area (Å²) in [6.07, 6.45) is 6.36. The molecule has 1 aromatic carbocycles. The van der Waals surface area contributed by atoms with Crippen LogP contribution in [0.2, 0.25) is 5.02 Å². The first-order chi connectivity index (χ1) is 13.1. The van der Waals surface area contributed by atoms with Crippen LogP contribution in [0.3, 0.4) is 0 Å². The van der Waals surface area contributed by atoms with Crippen molar-refractivity contribution in [3.8, 4) is 11.3 Å². The number of benzene rings is 1. The smallest absolute Gasteiger partial charge is 0.269 e. The summed E-state index contributed by atoms with van der Waals surface area (Å²) in [5.74, 6) is 0.519. The van der Waals surface area contributed by atoms with Crippen molar-refractivity contribution in [1.82, 2.24) is 20.0 Å². The normalized spacial score (nSPS) is 23.0. The van der Waals surface area contributed by atoms with Crippen LogP contribution in [0.4, 0.5) is 0 Å². The van der Waals surface area contributed by atoms with Crippen LogP contribution in [-0.2, 0) is 7.05 Å². The van der Waals surface area contributed by atoms with E-state index in [4.69, 9.17) is 11.6 Å². The monoisotopic (exact) mass is 386 g/mol. The van der Waals surface area contributed by atoms with Crippen LogP contribution < -0.4 is 5.32 Å². The van der Waals surface area contributed by atoms with Crippen molar-refractivity contribution >= 4 is 17.5 Å². The fourth-order valence-corrected chi connectivity index (χ4v) is 4.70. The van der Waals surface area contributed by atoms with Gasteiger partial charge >= 0.3 is 0 Å². The number of carbonyl (C=O) groups is 1. The van der Waals surface area contributed by atoms with Gasteiger partial charge in [0.15, 0.2) is 0 Å². The van der Waals surface area contributed by atoms with Gasteiger partial charge in [0.2, 0.25) is 0 Å². The predicted molar refractivity (Wildman–Crippen MR) is 108 cm³/mol. The number of aryl methyl sites for hydroxylation is 1. The zero-order chi connectivity index (χ0) is 18.8. The topological polar surface area (TPSA) is 50.2 Å². The lowest BCUT2D eigenvalue weighted by atomic mass is 9.83. The molecular weight excluding hydrogens is 360 g/mol. The molecule has 3 heterocycles. The second kappa shape index (κ2) is 8.03. The van der Waals surface area contributed by atoms with E-state index < -0.39 is 0 Å². The van der Waals surface area contributed by atoms with Crippen molar-refractivity contribution < 1.29 is 4.79 Å². The number of hydrogen-bond donors (Lipinski definition) is 1. The van der Waals surface area contributed by atoms with Crippen LogP contribution in [0.15, 0.2) is 30.3 Å². The lowest BCUT2D eigenvalue weighted by Gasteiger charge is -2.44. The SMILES string of the molecule is Cn1nc(-c2ccc(Cl)cc2)cc1C(=O)NC[C@H]1CCCN2CCCC[C@H]12. The summed E-state index contributed by atoms with van der Waals surface area (Å²) in [5.41, 5.74) is 2.34. The van der Waals surface area contributed by atoms with Gasteiger partial charge in [0.05, 0.1) is 5.69 Å². The number of aromatic nitrogens is 2. The molecule has 0 bridgehead atoms. The van der Waals surface area contributed by atoms with Gasteiger partial charge in [-0.3, -0.25) is 9.48 Å². The highest BCUT2D eigenvalue weighted by Gasteiger charge is 2.33. The Morgan fingerprint density at radius 2 is 1.96 bits per heavy atom. The van der Waals surface area contributed by atoms with E-state index in [0.29, 0.717) is 22.7 Å². The zero-order valence-corrected chi connectivity index (χ0v) is 16.6. The minimum atomic E-state index is -0.0434. The lowest BCUT2D eigenvalue weighted by Crippen LogP contribution is -2.51. The molecule has 0 aliphatic carbocycles. The third kappa shape index (κ3) is 4.04. The molecule has 2 aromatic rings. The molecule has 1 aromatic heterocycles. The van der Waals surface area contributed by atoms with E-state index in [1.807, 2.05) is 37.4 Å². The molecule has 27 heavy (non-hydrogen) atoms. The molecular formula is C21H27ClN4O. The number of halogens is 1. The highest BCUT2D eigenvalue weighted by molar-refractivity contribution is 6.30. The maximum Gasteiger partial charge on any atom is 0.269 e. The third-order valence-corrected chi connectivity index (χ3v) is 6.26. The summed E-state index contributed by atoms with van der Waals surface area (Å²) in [5, 5.41) is 8.36. The Kier molecular flexibility index (Phi) is 5.50. The van der Waals surface area contributed by atoms with Gasteiger partial charge in [0, 0.05) is 30.2 Å². The maximum atomic E-state index is 12.8. The fraction of sp³-hybridized carbons (Fsp3) is 0.524. The summed E-state index contributed by atoms with van der Waals surface area (Å²) in [6, 6.07) is 10.0. The molecule has 2 aliphatic rings. The number of carbonyl (C=O) groups excluding carboxylic acids is 1. The fourth-order valence-electron chi connectivity index (χ4n) is 4.57. The molecule has 1 amide bonds. The van der Waals surface area contributed by atoms with Gasteiger partial charge in [-0.15, -0.1) is 0 Å². The number of fused-ring (bicyclic) bond motifs is 1.